The van der Waals surface area contributed by atoms with E-state index in [0.717, 1.165) is 46.1 Å². The lowest BCUT2D eigenvalue weighted by Crippen LogP contribution is -2.58. The highest BCUT2D eigenvalue weighted by Gasteiger charge is 2.54. The van der Waals surface area contributed by atoms with Gasteiger partial charge >= 0.3 is 12.1 Å². The first kappa shape index (κ1) is 19.5. The average Bonchev–Trinajstić information content (AvgIpc) is 3.39. The smallest absolute Gasteiger partial charge is 0.410 e. The number of hydrogen-bond acceptors (Lipinski definition) is 6. The number of benzene rings is 1. The summed E-state index contributed by atoms with van der Waals surface area (Å²) in [5.41, 5.74) is 1.40. The number of carbonyl (C=O) groups excluding carboxylic acids is 1. The molecule has 0 N–H and O–H groups in total. The van der Waals surface area contributed by atoms with Gasteiger partial charge in [0.1, 0.15) is 5.60 Å². The third-order valence-electron chi connectivity index (χ3n) is 5.27. The summed E-state index contributed by atoms with van der Waals surface area (Å²) in [6.45, 7) is 7.93. The van der Waals surface area contributed by atoms with Crippen LogP contribution in [0.5, 0.6) is 6.01 Å². The SMILES string of the molecule is COc1ncc2c(N3CCN(C(=O)OC(C)(C)C)C4(CC4)C3)ccc(I)c2n1. The van der Waals surface area contributed by atoms with Crippen molar-refractivity contribution in [3.05, 3.63) is 21.9 Å². The van der Waals surface area contributed by atoms with Crippen LogP contribution in [0.3, 0.4) is 0 Å². The van der Waals surface area contributed by atoms with Crippen molar-refractivity contribution in [1.29, 1.82) is 0 Å². The zero-order chi connectivity index (χ0) is 20.1. The molecule has 1 saturated heterocycles. The molecule has 1 aromatic heterocycles. The summed E-state index contributed by atoms with van der Waals surface area (Å²) in [7, 11) is 1.57. The molecule has 4 rings (SSSR count). The van der Waals surface area contributed by atoms with Gasteiger partial charge < -0.3 is 14.4 Å². The predicted octanol–water partition coefficient (Wildman–Crippen LogP) is 3.83. The van der Waals surface area contributed by atoms with Crippen molar-refractivity contribution in [1.82, 2.24) is 14.9 Å². The van der Waals surface area contributed by atoms with E-state index in [1.165, 1.54) is 0 Å². The molecule has 1 aromatic carbocycles. The van der Waals surface area contributed by atoms with Crippen molar-refractivity contribution in [2.75, 3.05) is 31.6 Å². The molecule has 0 bridgehead atoms. The van der Waals surface area contributed by atoms with Gasteiger partial charge in [-0.25, -0.2) is 9.78 Å². The Morgan fingerprint density at radius 2 is 2.00 bits per heavy atom. The summed E-state index contributed by atoms with van der Waals surface area (Å²) in [5, 5.41) is 1.01. The van der Waals surface area contributed by atoms with Crippen molar-refractivity contribution >= 4 is 45.3 Å². The molecule has 1 aliphatic carbocycles. The van der Waals surface area contributed by atoms with Crippen LogP contribution in [0.4, 0.5) is 10.5 Å². The molecule has 0 atom stereocenters. The number of fused-ring (bicyclic) bond motifs is 1. The van der Waals surface area contributed by atoms with Crippen LogP contribution in [0.25, 0.3) is 10.9 Å². The standard InChI is InChI=1S/C20H25IN4O3/c1-19(2,3)28-18(26)25-10-9-24(12-20(25)7-8-20)15-6-5-14(21)16-13(15)11-22-17(23-16)27-4/h5-6,11H,7-10,12H2,1-4H3. The van der Waals surface area contributed by atoms with Crippen molar-refractivity contribution in [2.45, 2.75) is 44.8 Å². The summed E-state index contributed by atoms with van der Waals surface area (Å²) >= 11 is 2.29. The molecule has 1 saturated carbocycles. The number of amides is 1. The maximum absolute atomic E-state index is 12.7. The Hall–Kier alpha value is -1.84. The highest BCUT2D eigenvalue weighted by atomic mass is 127. The first-order valence-corrected chi connectivity index (χ1v) is 10.6. The summed E-state index contributed by atoms with van der Waals surface area (Å²) in [5.74, 6) is 0. The molecule has 2 heterocycles. The minimum atomic E-state index is -0.479. The lowest BCUT2D eigenvalue weighted by atomic mass is 10.1. The Kier molecular flexibility index (Phi) is 4.79. The summed E-state index contributed by atoms with van der Waals surface area (Å²) in [6.07, 6.45) is 3.65. The van der Waals surface area contributed by atoms with E-state index in [-0.39, 0.29) is 11.6 Å². The van der Waals surface area contributed by atoms with Crippen LogP contribution in [0.15, 0.2) is 18.3 Å². The van der Waals surface area contributed by atoms with E-state index in [2.05, 4.69) is 49.6 Å². The van der Waals surface area contributed by atoms with Gasteiger partial charge in [0, 0.05) is 40.5 Å². The highest BCUT2D eigenvalue weighted by Crippen LogP contribution is 2.46. The number of rotatable bonds is 2. The quantitative estimate of drug-likeness (QED) is 0.589. The van der Waals surface area contributed by atoms with Crippen LogP contribution >= 0.6 is 22.6 Å². The molecule has 0 unspecified atom stereocenters. The fourth-order valence-corrected chi connectivity index (χ4v) is 4.38. The van der Waals surface area contributed by atoms with E-state index in [4.69, 9.17) is 9.47 Å². The lowest BCUT2D eigenvalue weighted by molar-refractivity contribution is 0.0107. The number of halogens is 1. The van der Waals surface area contributed by atoms with E-state index in [1.54, 1.807) is 7.11 Å². The van der Waals surface area contributed by atoms with E-state index in [9.17, 15) is 4.79 Å². The van der Waals surface area contributed by atoms with E-state index in [0.29, 0.717) is 12.6 Å². The molecule has 0 radical (unpaired) electrons. The largest absolute Gasteiger partial charge is 0.467 e. The minimum Gasteiger partial charge on any atom is -0.467 e. The Labute approximate surface area is 178 Å². The molecule has 8 heteroatoms. The molecule has 2 aromatic rings. The van der Waals surface area contributed by atoms with Gasteiger partial charge in [-0.1, -0.05) is 0 Å². The minimum absolute atomic E-state index is 0.122. The fraction of sp³-hybridized carbons (Fsp3) is 0.550. The van der Waals surface area contributed by atoms with Gasteiger partial charge in [0.25, 0.3) is 0 Å². The maximum atomic E-state index is 12.7. The molecular formula is C20H25IN4O3. The van der Waals surface area contributed by atoms with Crippen molar-refractivity contribution in [3.63, 3.8) is 0 Å². The van der Waals surface area contributed by atoms with Gasteiger partial charge in [0.2, 0.25) is 0 Å². The van der Waals surface area contributed by atoms with Gasteiger partial charge in [-0.2, -0.15) is 4.98 Å². The number of carbonyl (C=O) groups is 1. The molecular weight excluding hydrogens is 471 g/mol. The van der Waals surface area contributed by atoms with Gasteiger partial charge in [0.05, 0.1) is 18.2 Å². The second-order valence-electron chi connectivity index (χ2n) is 8.46. The van der Waals surface area contributed by atoms with Crippen LogP contribution in [0.1, 0.15) is 33.6 Å². The number of ether oxygens (including phenoxy) is 2. The first-order valence-electron chi connectivity index (χ1n) is 9.47. The second kappa shape index (κ2) is 6.89. The van der Waals surface area contributed by atoms with E-state index >= 15 is 0 Å². The summed E-state index contributed by atoms with van der Waals surface area (Å²) in [6, 6.07) is 4.57. The Balaban J connectivity index is 1.61. The molecule has 2 aliphatic rings. The van der Waals surface area contributed by atoms with Crippen molar-refractivity contribution < 1.29 is 14.3 Å². The number of hydrogen-bond donors (Lipinski definition) is 0. The topological polar surface area (TPSA) is 67.8 Å². The normalized spacial score (nSPS) is 18.5. The second-order valence-corrected chi connectivity index (χ2v) is 9.63. The number of nitrogens with zero attached hydrogens (tertiary/aromatic N) is 4. The molecule has 1 amide bonds. The summed E-state index contributed by atoms with van der Waals surface area (Å²) in [4.78, 5) is 25.8. The van der Waals surface area contributed by atoms with Gasteiger partial charge in [-0.3, -0.25) is 4.90 Å². The molecule has 2 fully saturated rings. The van der Waals surface area contributed by atoms with Crippen LogP contribution in [0.2, 0.25) is 0 Å². The lowest BCUT2D eigenvalue weighted by Gasteiger charge is -2.43. The molecule has 1 spiro atoms. The number of piperazine rings is 1. The first-order chi connectivity index (χ1) is 13.2. The van der Waals surface area contributed by atoms with Crippen LogP contribution in [-0.2, 0) is 4.74 Å². The van der Waals surface area contributed by atoms with E-state index in [1.807, 2.05) is 31.9 Å². The van der Waals surface area contributed by atoms with Crippen molar-refractivity contribution in [3.8, 4) is 6.01 Å². The van der Waals surface area contributed by atoms with Crippen LogP contribution in [-0.4, -0.2) is 58.8 Å². The third kappa shape index (κ3) is 3.58. The maximum Gasteiger partial charge on any atom is 0.410 e. The number of methoxy groups -OCH3 is 1. The van der Waals surface area contributed by atoms with Crippen molar-refractivity contribution in [2.24, 2.45) is 0 Å². The molecule has 1 aliphatic heterocycles. The average molecular weight is 496 g/mol. The zero-order valence-corrected chi connectivity index (χ0v) is 18.8. The Morgan fingerprint density at radius 1 is 1.25 bits per heavy atom. The van der Waals surface area contributed by atoms with Gasteiger partial charge in [-0.15, -0.1) is 0 Å². The highest BCUT2D eigenvalue weighted by molar-refractivity contribution is 14.1. The van der Waals surface area contributed by atoms with Gasteiger partial charge in [-0.05, 0) is 68.3 Å². The molecule has 150 valence electrons. The van der Waals surface area contributed by atoms with Crippen LogP contribution < -0.4 is 9.64 Å². The zero-order valence-electron chi connectivity index (χ0n) is 16.7. The number of anilines is 1. The monoisotopic (exact) mass is 496 g/mol. The fourth-order valence-electron chi connectivity index (χ4n) is 3.79. The van der Waals surface area contributed by atoms with Gasteiger partial charge in [0.15, 0.2) is 0 Å². The molecule has 7 nitrogen and oxygen atoms in total. The predicted molar refractivity (Wildman–Crippen MR) is 116 cm³/mol. The van der Waals surface area contributed by atoms with E-state index < -0.39 is 5.60 Å². The molecule has 28 heavy (non-hydrogen) atoms. The van der Waals surface area contributed by atoms with Crippen LogP contribution in [0, 0.1) is 3.57 Å². The summed E-state index contributed by atoms with van der Waals surface area (Å²) < 4.78 is 11.9. The Morgan fingerprint density at radius 3 is 2.64 bits per heavy atom. The third-order valence-corrected chi connectivity index (χ3v) is 6.14. The number of aromatic nitrogens is 2. The Bertz CT molecular complexity index is 924.